The van der Waals surface area contributed by atoms with Crippen LogP contribution >= 0.6 is 0 Å². The van der Waals surface area contributed by atoms with E-state index in [9.17, 15) is 13.6 Å². The van der Waals surface area contributed by atoms with Gasteiger partial charge in [0.25, 0.3) is 0 Å². The first-order valence-corrected chi connectivity index (χ1v) is 6.33. The van der Waals surface area contributed by atoms with E-state index in [0.29, 0.717) is 0 Å². The van der Waals surface area contributed by atoms with E-state index in [-0.39, 0.29) is 24.2 Å². The van der Waals surface area contributed by atoms with Crippen molar-refractivity contribution < 1.29 is 13.6 Å². The molecule has 0 heterocycles. The summed E-state index contributed by atoms with van der Waals surface area (Å²) in [5.41, 5.74) is 6.84. The lowest BCUT2D eigenvalue weighted by Gasteiger charge is -2.11. The molecule has 0 amide bonds. The van der Waals surface area contributed by atoms with Crippen molar-refractivity contribution in [1.82, 2.24) is 0 Å². The first-order valence-electron chi connectivity index (χ1n) is 6.33. The molecule has 0 aromatic heterocycles. The Labute approximate surface area is 116 Å². The molecule has 1 unspecified atom stereocenters. The lowest BCUT2D eigenvalue weighted by molar-refractivity contribution is -0.118. The van der Waals surface area contributed by atoms with Gasteiger partial charge in [-0.05, 0) is 17.2 Å². The summed E-state index contributed by atoms with van der Waals surface area (Å²) in [5, 5.41) is 0. The van der Waals surface area contributed by atoms with Gasteiger partial charge in [-0.1, -0.05) is 42.5 Å². The smallest absolute Gasteiger partial charge is 0.162 e. The summed E-state index contributed by atoms with van der Waals surface area (Å²) in [6.07, 6.45) is -0.0515. The summed E-state index contributed by atoms with van der Waals surface area (Å²) in [4.78, 5) is 11.9. The Morgan fingerprint density at radius 2 is 1.75 bits per heavy atom. The zero-order valence-corrected chi connectivity index (χ0v) is 10.9. The van der Waals surface area contributed by atoms with Crippen LogP contribution < -0.4 is 5.73 Å². The summed E-state index contributed by atoms with van der Waals surface area (Å²) in [6, 6.07) is 12.6. The van der Waals surface area contributed by atoms with Crippen LogP contribution in [0, 0.1) is 11.6 Å². The van der Waals surface area contributed by atoms with Gasteiger partial charge in [-0.15, -0.1) is 0 Å². The first-order chi connectivity index (χ1) is 9.58. The SMILES string of the molecule is NC(CC(=O)Cc1cccc(F)c1F)c1ccccc1. The molecule has 104 valence electrons. The number of ketones is 1. The number of hydrogen-bond acceptors (Lipinski definition) is 2. The van der Waals surface area contributed by atoms with Gasteiger partial charge in [0.05, 0.1) is 0 Å². The molecule has 1 atom stereocenters. The second-order valence-electron chi connectivity index (χ2n) is 4.65. The largest absolute Gasteiger partial charge is 0.324 e. The molecule has 2 aromatic rings. The van der Waals surface area contributed by atoms with E-state index in [1.807, 2.05) is 30.3 Å². The van der Waals surface area contributed by atoms with Crippen LogP contribution in [0.2, 0.25) is 0 Å². The van der Waals surface area contributed by atoms with Gasteiger partial charge in [-0.2, -0.15) is 0 Å². The van der Waals surface area contributed by atoms with Crippen molar-refractivity contribution in [3.05, 3.63) is 71.3 Å². The number of nitrogens with two attached hydrogens (primary N) is 1. The predicted octanol–water partition coefficient (Wildman–Crippen LogP) is 3.17. The quantitative estimate of drug-likeness (QED) is 0.910. The lowest BCUT2D eigenvalue weighted by atomic mass is 9.98. The van der Waals surface area contributed by atoms with Crippen molar-refractivity contribution in [3.63, 3.8) is 0 Å². The molecule has 0 fully saturated rings. The van der Waals surface area contributed by atoms with Crippen molar-refractivity contribution in [2.45, 2.75) is 18.9 Å². The van der Waals surface area contributed by atoms with Crippen molar-refractivity contribution in [3.8, 4) is 0 Å². The van der Waals surface area contributed by atoms with E-state index in [4.69, 9.17) is 5.73 Å². The fourth-order valence-electron chi connectivity index (χ4n) is 2.03. The maximum Gasteiger partial charge on any atom is 0.162 e. The minimum Gasteiger partial charge on any atom is -0.324 e. The highest BCUT2D eigenvalue weighted by Gasteiger charge is 2.15. The number of carbonyl (C=O) groups is 1. The molecule has 4 heteroatoms. The van der Waals surface area contributed by atoms with Gasteiger partial charge in [0.2, 0.25) is 0 Å². The summed E-state index contributed by atoms with van der Waals surface area (Å²) < 4.78 is 26.5. The minimum atomic E-state index is -0.964. The molecule has 2 aromatic carbocycles. The van der Waals surface area contributed by atoms with Gasteiger partial charge in [0.1, 0.15) is 5.78 Å². The fourth-order valence-corrected chi connectivity index (χ4v) is 2.03. The molecule has 2 nitrogen and oxygen atoms in total. The van der Waals surface area contributed by atoms with E-state index in [2.05, 4.69) is 0 Å². The topological polar surface area (TPSA) is 43.1 Å². The number of hydrogen-bond donors (Lipinski definition) is 1. The predicted molar refractivity (Wildman–Crippen MR) is 73.1 cm³/mol. The lowest BCUT2D eigenvalue weighted by Crippen LogP contribution is -2.17. The number of benzene rings is 2. The first kappa shape index (κ1) is 14.3. The minimum absolute atomic E-state index is 0.0651. The maximum absolute atomic E-state index is 13.5. The van der Waals surface area contributed by atoms with Crippen LogP contribution in [0.15, 0.2) is 48.5 Å². The van der Waals surface area contributed by atoms with E-state index in [1.165, 1.54) is 12.1 Å². The molecular weight excluding hydrogens is 260 g/mol. The van der Waals surface area contributed by atoms with Gasteiger partial charge in [-0.25, -0.2) is 8.78 Å². The molecule has 2 rings (SSSR count). The third-order valence-electron chi connectivity index (χ3n) is 3.09. The normalized spacial score (nSPS) is 12.2. The molecular formula is C16H15F2NO. The Morgan fingerprint density at radius 3 is 2.45 bits per heavy atom. The standard InChI is InChI=1S/C16H15F2NO/c17-14-8-4-7-12(16(14)18)9-13(20)10-15(19)11-5-2-1-3-6-11/h1-8,15H,9-10,19H2. The molecule has 0 saturated carbocycles. The highest BCUT2D eigenvalue weighted by atomic mass is 19.2. The number of carbonyl (C=O) groups excluding carboxylic acids is 1. The van der Waals surface area contributed by atoms with Gasteiger partial charge >= 0.3 is 0 Å². The average Bonchev–Trinajstić information content (AvgIpc) is 2.45. The van der Waals surface area contributed by atoms with E-state index in [1.54, 1.807) is 0 Å². The number of Topliss-reactive ketones (excluding diaryl/α,β-unsaturated/α-hetero) is 1. The van der Waals surface area contributed by atoms with Crippen molar-refractivity contribution in [2.24, 2.45) is 5.73 Å². The van der Waals surface area contributed by atoms with E-state index < -0.39 is 17.7 Å². The average molecular weight is 275 g/mol. The highest BCUT2D eigenvalue weighted by molar-refractivity contribution is 5.81. The maximum atomic E-state index is 13.5. The zero-order chi connectivity index (χ0) is 14.5. The summed E-state index contributed by atoms with van der Waals surface area (Å²) in [5.74, 6) is -2.12. The summed E-state index contributed by atoms with van der Waals surface area (Å²) in [6.45, 7) is 0. The third-order valence-corrected chi connectivity index (χ3v) is 3.09. The van der Waals surface area contributed by atoms with Crippen LogP contribution in [-0.2, 0) is 11.2 Å². The van der Waals surface area contributed by atoms with Crippen LogP contribution in [-0.4, -0.2) is 5.78 Å². The molecule has 0 aliphatic heterocycles. The third kappa shape index (κ3) is 3.48. The van der Waals surface area contributed by atoms with Crippen molar-refractivity contribution in [1.29, 1.82) is 0 Å². The van der Waals surface area contributed by atoms with Gasteiger partial charge < -0.3 is 5.73 Å². The Morgan fingerprint density at radius 1 is 1.05 bits per heavy atom. The Kier molecular flexibility index (Phi) is 4.58. The monoisotopic (exact) mass is 275 g/mol. The highest BCUT2D eigenvalue weighted by Crippen LogP contribution is 2.17. The molecule has 0 aliphatic rings. The Hall–Kier alpha value is -2.07. The molecule has 0 bridgehead atoms. The summed E-state index contributed by atoms with van der Waals surface area (Å²) in [7, 11) is 0. The second-order valence-corrected chi connectivity index (χ2v) is 4.65. The molecule has 0 radical (unpaired) electrons. The van der Waals surface area contributed by atoms with Crippen LogP contribution in [0.4, 0.5) is 8.78 Å². The van der Waals surface area contributed by atoms with Crippen LogP contribution in [0.3, 0.4) is 0 Å². The van der Waals surface area contributed by atoms with Gasteiger partial charge in [-0.3, -0.25) is 4.79 Å². The van der Waals surface area contributed by atoms with Gasteiger partial charge in [0, 0.05) is 18.9 Å². The van der Waals surface area contributed by atoms with Crippen LogP contribution in [0.5, 0.6) is 0 Å². The van der Waals surface area contributed by atoms with Crippen LogP contribution in [0.25, 0.3) is 0 Å². The molecule has 0 spiro atoms. The molecule has 0 saturated heterocycles. The molecule has 0 aliphatic carbocycles. The van der Waals surface area contributed by atoms with Crippen molar-refractivity contribution in [2.75, 3.05) is 0 Å². The van der Waals surface area contributed by atoms with E-state index in [0.717, 1.165) is 11.6 Å². The van der Waals surface area contributed by atoms with Gasteiger partial charge in [0.15, 0.2) is 11.6 Å². The Balaban J connectivity index is 2.01. The van der Waals surface area contributed by atoms with Crippen LogP contribution in [0.1, 0.15) is 23.6 Å². The fraction of sp³-hybridized carbons (Fsp3) is 0.188. The number of halogens is 2. The molecule has 20 heavy (non-hydrogen) atoms. The van der Waals surface area contributed by atoms with E-state index >= 15 is 0 Å². The Bertz CT molecular complexity index is 599. The number of rotatable bonds is 5. The van der Waals surface area contributed by atoms with Crippen molar-refractivity contribution >= 4 is 5.78 Å². The zero-order valence-electron chi connectivity index (χ0n) is 10.9. The molecule has 2 N–H and O–H groups in total. The second kappa shape index (κ2) is 6.39. The summed E-state index contributed by atoms with van der Waals surface area (Å²) >= 11 is 0.